The average Bonchev–Trinajstić information content (AvgIpc) is 2.66. The number of fused-ring (bicyclic) bond motifs is 2. The van der Waals surface area contributed by atoms with Crippen molar-refractivity contribution in [1.82, 2.24) is 0 Å². The van der Waals surface area contributed by atoms with E-state index in [9.17, 15) is 4.79 Å². The molecule has 0 aliphatic carbocycles. The van der Waals surface area contributed by atoms with Crippen LogP contribution in [0.5, 0.6) is 5.75 Å². The van der Waals surface area contributed by atoms with E-state index >= 15 is 0 Å². The summed E-state index contributed by atoms with van der Waals surface area (Å²) >= 11 is 0. The molecule has 25 heavy (non-hydrogen) atoms. The number of aliphatic imine (C=N–C) groups is 1. The molecule has 1 heterocycles. The number of Topliss-reactive ketones (excluding diaryl/α,β-unsaturated/α-hetero) is 1. The molecule has 3 nitrogen and oxygen atoms in total. The van der Waals surface area contributed by atoms with Crippen LogP contribution in [0.15, 0.2) is 71.7 Å². The summed E-state index contributed by atoms with van der Waals surface area (Å²) in [6.45, 7) is 2.50. The van der Waals surface area contributed by atoms with Crippen molar-refractivity contribution in [1.29, 1.82) is 0 Å². The van der Waals surface area contributed by atoms with Crippen molar-refractivity contribution in [2.75, 3.05) is 6.54 Å². The number of ether oxygens (including phenoxy) is 1. The molecule has 0 spiro atoms. The standard InChI is InChI=1S/C22H19NO2/c1-15(18-11-6-8-16-7-2-3-9-19(16)18)23-14-17-13-21(24)20-10-4-5-12-22(20)25-17/h2-12,17H,13-14H2,1H3/t17-/m1/s1. The van der Waals surface area contributed by atoms with Crippen molar-refractivity contribution in [2.45, 2.75) is 19.4 Å². The van der Waals surface area contributed by atoms with Crippen molar-refractivity contribution >= 4 is 22.3 Å². The predicted octanol–water partition coefficient (Wildman–Crippen LogP) is 4.68. The summed E-state index contributed by atoms with van der Waals surface area (Å²) in [5.74, 6) is 0.798. The van der Waals surface area contributed by atoms with Gasteiger partial charge in [-0.1, -0.05) is 54.6 Å². The lowest BCUT2D eigenvalue weighted by molar-refractivity contribution is 0.0860. The number of carbonyl (C=O) groups excluding carboxylic acids is 1. The summed E-state index contributed by atoms with van der Waals surface area (Å²) in [6, 6.07) is 22.0. The summed E-state index contributed by atoms with van der Waals surface area (Å²) in [7, 11) is 0. The molecule has 0 radical (unpaired) electrons. The van der Waals surface area contributed by atoms with Crippen LogP contribution < -0.4 is 4.74 Å². The van der Waals surface area contributed by atoms with Crippen LogP contribution in [-0.2, 0) is 0 Å². The Hall–Kier alpha value is -2.94. The van der Waals surface area contributed by atoms with Crippen LogP contribution in [0.1, 0.15) is 29.3 Å². The minimum Gasteiger partial charge on any atom is -0.487 e. The van der Waals surface area contributed by atoms with Crippen LogP contribution in [0.25, 0.3) is 10.8 Å². The van der Waals surface area contributed by atoms with Gasteiger partial charge in [0.2, 0.25) is 0 Å². The Labute approximate surface area is 147 Å². The van der Waals surface area contributed by atoms with E-state index in [4.69, 9.17) is 9.73 Å². The first kappa shape index (κ1) is 15.6. The number of hydrogen-bond acceptors (Lipinski definition) is 3. The van der Waals surface area contributed by atoms with E-state index in [1.165, 1.54) is 10.8 Å². The molecule has 0 unspecified atom stereocenters. The van der Waals surface area contributed by atoms with E-state index in [-0.39, 0.29) is 11.9 Å². The lowest BCUT2D eigenvalue weighted by Crippen LogP contribution is -2.29. The summed E-state index contributed by atoms with van der Waals surface area (Å²) in [5.41, 5.74) is 2.76. The van der Waals surface area contributed by atoms with Gasteiger partial charge in [-0.2, -0.15) is 0 Å². The SMILES string of the molecule is CC(=NC[C@H]1CC(=O)c2ccccc2O1)c1cccc2ccccc12. The van der Waals surface area contributed by atoms with Crippen LogP contribution >= 0.6 is 0 Å². The molecule has 3 aromatic rings. The predicted molar refractivity (Wildman–Crippen MR) is 101 cm³/mol. The Kier molecular flexibility index (Phi) is 4.06. The zero-order valence-corrected chi connectivity index (χ0v) is 14.1. The first-order chi connectivity index (χ1) is 12.2. The number of para-hydroxylation sites is 1. The van der Waals surface area contributed by atoms with E-state index in [1.807, 2.05) is 49.4 Å². The maximum Gasteiger partial charge on any atom is 0.170 e. The van der Waals surface area contributed by atoms with Crippen LogP contribution in [0, 0.1) is 0 Å². The van der Waals surface area contributed by atoms with Gasteiger partial charge in [0.25, 0.3) is 0 Å². The zero-order valence-electron chi connectivity index (χ0n) is 14.1. The smallest absolute Gasteiger partial charge is 0.170 e. The monoisotopic (exact) mass is 329 g/mol. The largest absolute Gasteiger partial charge is 0.487 e. The topological polar surface area (TPSA) is 38.7 Å². The van der Waals surface area contributed by atoms with E-state index in [1.54, 1.807) is 0 Å². The number of rotatable bonds is 3. The minimum absolute atomic E-state index is 0.130. The first-order valence-corrected chi connectivity index (χ1v) is 8.50. The van der Waals surface area contributed by atoms with Gasteiger partial charge in [0, 0.05) is 17.7 Å². The first-order valence-electron chi connectivity index (χ1n) is 8.50. The molecule has 0 N–H and O–H groups in total. The second-order valence-corrected chi connectivity index (χ2v) is 6.32. The molecule has 0 fully saturated rings. The van der Waals surface area contributed by atoms with Crippen molar-refractivity contribution in [3.63, 3.8) is 0 Å². The van der Waals surface area contributed by atoms with Crippen molar-refractivity contribution in [3.05, 3.63) is 77.9 Å². The molecule has 0 bridgehead atoms. The number of carbonyl (C=O) groups is 1. The zero-order chi connectivity index (χ0) is 17.2. The van der Waals surface area contributed by atoms with E-state index in [0.29, 0.717) is 24.3 Å². The molecule has 0 saturated carbocycles. The van der Waals surface area contributed by atoms with Gasteiger partial charge in [0.15, 0.2) is 5.78 Å². The lowest BCUT2D eigenvalue weighted by Gasteiger charge is -2.24. The van der Waals surface area contributed by atoms with Gasteiger partial charge in [-0.25, -0.2) is 0 Å². The van der Waals surface area contributed by atoms with Gasteiger partial charge in [-0.15, -0.1) is 0 Å². The molecule has 124 valence electrons. The summed E-state index contributed by atoms with van der Waals surface area (Å²) < 4.78 is 5.95. The highest BCUT2D eigenvalue weighted by Crippen LogP contribution is 2.27. The summed E-state index contributed by atoms with van der Waals surface area (Å²) in [5, 5.41) is 2.39. The maximum absolute atomic E-state index is 12.3. The molecule has 1 atom stereocenters. The Morgan fingerprint density at radius 1 is 1.04 bits per heavy atom. The van der Waals surface area contributed by atoms with Crippen molar-refractivity contribution in [2.24, 2.45) is 4.99 Å². The Morgan fingerprint density at radius 3 is 2.72 bits per heavy atom. The molecule has 3 heteroatoms. The molecule has 1 aliphatic rings. The van der Waals surface area contributed by atoms with Crippen LogP contribution in [-0.4, -0.2) is 24.1 Å². The summed E-state index contributed by atoms with van der Waals surface area (Å²) in [6.07, 6.45) is 0.177. The van der Waals surface area contributed by atoms with E-state index in [2.05, 4.69) is 24.3 Å². The van der Waals surface area contributed by atoms with Gasteiger partial charge < -0.3 is 4.74 Å². The number of hydrogen-bond donors (Lipinski definition) is 0. The lowest BCUT2D eigenvalue weighted by atomic mass is 10.00. The van der Waals surface area contributed by atoms with Gasteiger partial charge in [0.1, 0.15) is 11.9 Å². The van der Waals surface area contributed by atoms with Crippen molar-refractivity contribution in [3.8, 4) is 5.75 Å². The quantitative estimate of drug-likeness (QED) is 0.654. The molecule has 1 aliphatic heterocycles. The fourth-order valence-corrected chi connectivity index (χ4v) is 3.30. The van der Waals surface area contributed by atoms with Gasteiger partial charge in [-0.05, 0) is 29.8 Å². The van der Waals surface area contributed by atoms with Gasteiger partial charge in [-0.3, -0.25) is 9.79 Å². The highest BCUT2D eigenvalue weighted by atomic mass is 16.5. The highest BCUT2D eigenvalue weighted by molar-refractivity contribution is 6.09. The second kappa shape index (κ2) is 6.52. The molecule has 3 aromatic carbocycles. The number of ketones is 1. The van der Waals surface area contributed by atoms with Gasteiger partial charge >= 0.3 is 0 Å². The van der Waals surface area contributed by atoms with E-state index < -0.39 is 0 Å². The molecule has 0 aromatic heterocycles. The normalized spacial score (nSPS) is 17.2. The molecular weight excluding hydrogens is 310 g/mol. The number of benzene rings is 3. The Bertz CT molecular complexity index is 969. The highest BCUT2D eigenvalue weighted by Gasteiger charge is 2.25. The van der Waals surface area contributed by atoms with Crippen LogP contribution in [0.2, 0.25) is 0 Å². The second-order valence-electron chi connectivity index (χ2n) is 6.32. The third-order valence-electron chi connectivity index (χ3n) is 4.61. The fraction of sp³-hybridized carbons (Fsp3) is 0.182. The molecule has 0 saturated heterocycles. The Morgan fingerprint density at radius 2 is 1.80 bits per heavy atom. The van der Waals surface area contributed by atoms with Gasteiger partial charge in [0.05, 0.1) is 12.1 Å². The van der Waals surface area contributed by atoms with E-state index in [0.717, 1.165) is 11.3 Å². The molecular formula is C22H19NO2. The third-order valence-corrected chi connectivity index (χ3v) is 4.61. The fourth-order valence-electron chi connectivity index (χ4n) is 3.30. The third kappa shape index (κ3) is 3.05. The summed E-state index contributed by atoms with van der Waals surface area (Å²) in [4.78, 5) is 17.0. The van der Waals surface area contributed by atoms with Crippen LogP contribution in [0.4, 0.5) is 0 Å². The molecule has 4 rings (SSSR count). The maximum atomic E-state index is 12.3. The minimum atomic E-state index is -0.202. The number of nitrogens with zero attached hydrogens (tertiary/aromatic N) is 1. The Balaban J connectivity index is 1.57. The van der Waals surface area contributed by atoms with Crippen LogP contribution in [0.3, 0.4) is 0 Å². The average molecular weight is 329 g/mol. The van der Waals surface area contributed by atoms with Crippen molar-refractivity contribution < 1.29 is 9.53 Å². The molecule has 0 amide bonds.